The Hall–Kier alpha value is -4.21. The molecule has 4 heterocycles. The van der Waals surface area contributed by atoms with Crippen LogP contribution in [0.2, 0.25) is 0 Å². The lowest BCUT2D eigenvalue weighted by molar-refractivity contribution is -0.730. The van der Waals surface area contributed by atoms with Crippen LogP contribution in [0.1, 0.15) is 37.1 Å². The average Bonchev–Trinajstić information content (AvgIpc) is 3.66. The van der Waals surface area contributed by atoms with Gasteiger partial charge >= 0.3 is 11.5 Å². The van der Waals surface area contributed by atoms with Gasteiger partial charge in [-0.3, -0.25) is 14.9 Å². The molecule has 0 bridgehead atoms. The number of ether oxygens (including phenoxy) is 1. The van der Waals surface area contributed by atoms with Gasteiger partial charge < -0.3 is 19.3 Å². The molecule has 2 aromatic heterocycles. The Morgan fingerprint density at radius 3 is 2.48 bits per heavy atom. The number of aliphatic hydroxyl groups excluding tert-OH is 1. The maximum Gasteiger partial charge on any atom is 0.485 e. The van der Waals surface area contributed by atoms with E-state index in [-0.39, 0.29) is 35.9 Å². The van der Waals surface area contributed by atoms with Crippen molar-refractivity contribution in [3.8, 4) is 0 Å². The zero-order chi connectivity index (χ0) is 37.1. The molecule has 5 rings (SSSR count). The molecule has 1 saturated heterocycles. The number of rotatable bonds is 12. The van der Waals surface area contributed by atoms with Crippen molar-refractivity contribution in [2.45, 2.75) is 62.5 Å². The second kappa shape index (κ2) is 15.4. The number of β-lactam (4-membered cyclic amide) rings is 1. The van der Waals surface area contributed by atoms with Crippen LogP contribution < -0.4 is 4.57 Å². The summed E-state index contributed by atoms with van der Waals surface area (Å²) in [6.07, 6.45) is 6.73. The van der Waals surface area contributed by atoms with Crippen LogP contribution in [0.15, 0.2) is 52.6 Å². The number of hydrogen-bond donors (Lipinski definition) is 1. The molecule has 4 atom stereocenters. The van der Waals surface area contributed by atoms with Crippen molar-refractivity contribution < 1.29 is 55.1 Å². The van der Waals surface area contributed by atoms with Crippen LogP contribution in [0, 0.1) is 22.0 Å². The second-order valence-electron chi connectivity index (χ2n) is 11.2. The number of hydrogen-bond acceptors (Lipinski definition) is 12. The van der Waals surface area contributed by atoms with E-state index in [2.05, 4.69) is 14.6 Å². The molecule has 1 N–H and O–H groups in total. The van der Waals surface area contributed by atoms with Gasteiger partial charge in [0.1, 0.15) is 18.5 Å². The lowest BCUT2D eigenvalue weighted by Gasteiger charge is -2.46. The molecule has 16 nitrogen and oxygen atoms in total. The van der Waals surface area contributed by atoms with E-state index in [1.54, 1.807) is 18.7 Å². The molecule has 0 radical (unpaired) electrons. The van der Waals surface area contributed by atoms with Crippen LogP contribution in [-0.4, -0.2) is 74.6 Å². The average molecular weight is 762 g/mol. The van der Waals surface area contributed by atoms with Crippen molar-refractivity contribution >= 4 is 61.2 Å². The molecule has 1 amide bonds. The number of halogens is 3. The van der Waals surface area contributed by atoms with Crippen LogP contribution >= 0.6 is 23.1 Å². The van der Waals surface area contributed by atoms with Crippen LogP contribution in [0.5, 0.6) is 0 Å². The van der Waals surface area contributed by atoms with E-state index in [0.29, 0.717) is 17.7 Å². The number of nitro benzene ring substituents is 1. The van der Waals surface area contributed by atoms with Crippen LogP contribution in [-0.2, 0) is 37.6 Å². The highest BCUT2D eigenvalue weighted by molar-refractivity contribution is 7.98. The maximum atomic E-state index is 13.6. The number of azide groups is 1. The summed E-state index contributed by atoms with van der Waals surface area (Å²) < 4.78 is 68.7. The zero-order valence-electron chi connectivity index (χ0n) is 26.5. The Kier molecular flexibility index (Phi) is 11.9. The molecule has 1 fully saturated rings. The van der Waals surface area contributed by atoms with Crippen molar-refractivity contribution in [1.82, 2.24) is 9.30 Å². The summed E-state index contributed by atoms with van der Waals surface area (Å²) in [7, 11) is -6.09. The standard InChI is InChI=1S/C27H30N7O6S2.CHF3O3S/c1-15-20(19-12-32-14-31(11-5-4-10-29-30-28)25(41-3)26(32)42-19)23(33-22(15)21(16(2)35)24(33)36)27(37)40-13-17-6-8-18(9-7-17)34(38)39;2-1(3,4)8(5,6)7/h6-9,12,14-16,21-22,35H,4-5,10-11,13H2,1-3H3;(H,5,6,7)/q+1;/p-1/t15-,16+,21+,22+;/m0./s1. The fraction of sp³-hybridized carbons (Fsp3) is 0.464. The van der Waals surface area contributed by atoms with E-state index in [0.717, 1.165) is 34.1 Å². The Bertz CT molecular complexity index is 1970. The second-order valence-corrected chi connectivity index (χ2v) is 14.4. The van der Waals surface area contributed by atoms with Gasteiger partial charge in [-0.1, -0.05) is 35.1 Å². The van der Waals surface area contributed by atoms with Gasteiger partial charge in [-0.05, 0) is 49.2 Å². The predicted octanol–water partition coefficient (Wildman–Crippen LogP) is 4.37. The first-order valence-electron chi connectivity index (χ1n) is 14.7. The number of nitrogens with zero attached hydrogens (tertiary/aromatic N) is 7. The normalized spacial score (nSPS) is 19.3. The molecule has 0 unspecified atom stereocenters. The fourth-order valence-corrected chi connectivity index (χ4v) is 7.95. The molecular weight excluding hydrogens is 732 g/mol. The smallest absolute Gasteiger partial charge is 0.485 e. The number of aliphatic hydroxyl groups is 1. The van der Waals surface area contributed by atoms with E-state index < -0.39 is 38.5 Å². The molecule has 50 heavy (non-hydrogen) atoms. The third kappa shape index (κ3) is 7.89. The number of unbranched alkanes of at least 4 members (excludes halogenated alkanes) is 1. The molecule has 0 aliphatic carbocycles. The molecule has 22 heteroatoms. The van der Waals surface area contributed by atoms with Crippen molar-refractivity contribution in [2.24, 2.45) is 17.0 Å². The summed E-state index contributed by atoms with van der Waals surface area (Å²) in [4.78, 5) is 43.3. The van der Waals surface area contributed by atoms with Gasteiger partial charge in [-0.25, -0.2) is 17.8 Å². The molecule has 2 aliphatic heterocycles. The number of non-ortho nitro benzene ring substituents is 1. The molecule has 2 aliphatic rings. The summed E-state index contributed by atoms with van der Waals surface area (Å²) in [5, 5.41) is 26.0. The quantitative estimate of drug-likeness (QED) is 0.0223. The first-order valence-corrected chi connectivity index (χ1v) is 18.1. The first-order chi connectivity index (χ1) is 23.4. The van der Waals surface area contributed by atoms with Gasteiger partial charge in [0.15, 0.2) is 10.1 Å². The number of thiazole rings is 1. The number of aromatic nitrogens is 2. The minimum Gasteiger partial charge on any atom is -0.741 e. The molecule has 0 saturated carbocycles. The SMILES string of the molecule is CSc1c2sc(C3=C(C(=O)OCc4ccc([N+](=O)[O-])cc4)N4C(=O)[C@H]([C@@H](C)O)[C@H]4[C@H]3C)cn2c[n+]1CCCCN=[N+]=[N-].O=S(=O)([O-])C(F)(F)F. The number of alkyl halides is 3. The molecule has 3 aromatic rings. The van der Waals surface area contributed by atoms with Gasteiger partial charge in [-0.2, -0.15) is 17.6 Å². The van der Waals surface area contributed by atoms with Crippen molar-refractivity contribution in [1.29, 1.82) is 0 Å². The van der Waals surface area contributed by atoms with E-state index in [1.807, 2.05) is 30.1 Å². The Morgan fingerprint density at radius 1 is 1.30 bits per heavy atom. The van der Waals surface area contributed by atoms with Gasteiger partial charge in [0.05, 0.1) is 34.4 Å². The number of carbonyl (C=O) groups excluding carboxylic acids is 2. The molecule has 270 valence electrons. The fourth-order valence-electron chi connectivity index (χ4n) is 5.75. The Labute approximate surface area is 290 Å². The number of benzene rings is 1. The number of amides is 1. The minimum absolute atomic E-state index is 0.0638. The topological polar surface area (TPSA) is 224 Å². The monoisotopic (exact) mass is 761 g/mol. The molecule has 1 aromatic carbocycles. The van der Waals surface area contributed by atoms with Crippen molar-refractivity contribution in [3.63, 3.8) is 0 Å². The first kappa shape index (κ1) is 38.6. The number of aryl methyl sites for hydroxylation is 1. The lowest BCUT2D eigenvalue weighted by atomic mass is 9.77. The number of esters is 1. The van der Waals surface area contributed by atoms with E-state index in [4.69, 9.17) is 23.2 Å². The number of nitro groups is 1. The Balaban J connectivity index is 0.000000627. The number of fused-ring (bicyclic) bond motifs is 2. The van der Waals surface area contributed by atoms with Crippen LogP contribution in [0.25, 0.3) is 20.8 Å². The third-order valence-electron chi connectivity index (χ3n) is 8.00. The number of thioether (sulfide) groups is 1. The summed E-state index contributed by atoms with van der Waals surface area (Å²) in [5.41, 5.74) is 4.23. The largest absolute Gasteiger partial charge is 0.741 e. The minimum atomic E-state index is -6.09. The lowest BCUT2D eigenvalue weighted by Crippen LogP contribution is -2.63. The maximum absolute atomic E-state index is 13.6. The predicted molar refractivity (Wildman–Crippen MR) is 171 cm³/mol. The highest BCUT2D eigenvalue weighted by Crippen LogP contribution is 2.52. The Morgan fingerprint density at radius 2 is 1.94 bits per heavy atom. The van der Waals surface area contributed by atoms with Crippen molar-refractivity contribution in [2.75, 3.05) is 12.8 Å². The molecular formula is C28H30F3N7O9S3. The van der Waals surface area contributed by atoms with Gasteiger partial charge in [0, 0.05) is 35.1 Å². The van der Waals surface area contributed by atoms with E-state index in [9.17, 15) is 38.0 Å². The highest BCUT2D eigenvalue weighted by atomic mass is 32.2. The van der Waals surface area contributed by atoms with Gasteiger partial charge in [-0.15, -0.1) is 0 Å². The van der Waals surface area contributed by atoms with Gasteiger partial charge in [0.25, 0.3) is 12.0 Å². The summed E-state index contributed by atoms with van der Waals surface area (Å²) in [6, 6.07) is 5.38. The molecule has 0 spiro atoms. The van der Waals surface area contributed by atoms with E-state index in [1.165, 1.54) is 40.5 Å². The number of imidazole rings is 1. The summed E-state index contributed by atoms with van der Waals surface area (Å²) >= 11 is 3.14. The van der Waals surface area contributed by atoms with Crippen molar-refractivity contribution in [3.05, 3.63) is 73.5 Å². The van der Waals surface area contributed by atoms with Crippen LogP contribution in [0.4, 0.5) is 18.9 Å². The van der Waals surface area contributed by atoms with Gasteiger partial charge in [0.2, 0.25) is 15.8 Å². The summed E-state index contributed by atoms with van der Waals surface area (Å²) in [6.45, 7) is 4.65. The zero-order valence-corrected chi connectivity index (χ0v) is 29.0. The third-order valence-corrected chi connectivity index (χ3v) is 10.7. The highest BCUT2D eigenvalue weighted by Gasteiger charge is 2.60. The summed E-state index contributed by atoms with van der Waals surface area (Å²) in [5.74, 6) is -1.81. The number of carbonyl (C=O) groups is 2. The van der Waals surface area contributed by atoms with Crippen LogP contribution in [0.3, 0.4) is 0 Å². The van der Waals surface area contributed by atoms with E-state index >= 15 is 0 Å².